The van der Waals surface area contributed by atoms with Crippen molar-refractivity contribution >= 4 is 11.7 Å². The molecule has 5 heteroatoms. The van der Waals surface area contributed by atoms with Gasteiger partial charge in [-0.3, -0.25) is 0 Å². The Labute approximate surface area is 95.0 Å². The molecule has 0 spiro atoms. The van der Waals surface area contributed by atoms with Gasteiger partial charge in [-0.2, -0.15) is 0 Å². The van der Waals surface area contributed by atoms with Gasteiger partial charge in [-0.1, -0.05) is 12.1 Å². The minimum atomic E-state index is -0.290. The number of nitrogens with two attached hydrogens (primary N) is 1. The quantitative estimate of drug-likeness (QED) is 0.717. The molecule has 2 amide bonds. The van der Waals surface area contributed by atoms with Crippen LogP contribution in [0.3, 0.4) is 0 Å². The van der Waals surface area contributed by atoms with E-state index < -0.39 is 0 Å². The molecule has 0 fully saturated rings. The number of para-hydroxylation sites is 2. The Morgan fingerprint density at radius 3 is 2.81 bits per heavy atom. The van der Waals surface area contributed by atoms with Crippen molar-refractivity contribution in [1.29, 1.82) is 0 Å². The lowest BCUT2D eigenvalue weighted by atomic mass is 10.3. The van der Waals surface area contributed by atoms with Gasteiger partial charge < -0.3 is 21.1 Å². The van der Waals surface area contributed by atoms with Gasteiger partial charge in [-0.25, -0.2) is 4.79 Å². The molecule has 0 aliphatic carbocycles. The molecule has 88 valence electrons. The standard InChI is InChI=1S/C11H17N3O2/c1-8(12)7-13-11(15)14-9-5-3-4-6-10(9)16-2/h3-6,8H,7,12H2,1-2H3,(H2,13,14,15). The second-order valence-electron chi connectivity index (χ2n) is 3.51. The fourth-order valence-electron chi connectivity index (χ4n) is 1.17. The number of urea groups is 1. The normalized spacial score (nSPS) is 11.7. The van der Waals surface area contributed by atoms with Crippen LogP contribution in [-0.2, 0) is 0 Å². The molecule has 0 saturated carbocycles. The molecule has 1 aromatic carbocycles. The lowest BCUT2D eigenvalue weighted by Crippen LogP contribution is -2.37. The zero-order chi connectivity index (χ0) is 12.0. The average molecular weight is 223 g/mol. The predicted octanol–water partition coefficient (Wildman–Crippen LogP) is 1.16. The largest absolute Gasteiger partial charge is 0.495 e. The van der Waals surface area contributed by atoms with Crippen LogP contribution in [0.2, 0.25) is 0 Å². The zero-order valence-corrected chi connectivity index (χ0v) is 9.49. The molecule has 0 bridgehead atoms. The van der Waals surface area contributed by atoms with Gasteiger partial charge in [0.25, 0.3) is 0 Å². The minimum absolute atomic E-state index is 0.0663. The highest BCUT2D eigenvalue weighted by Crippen LogP contribution is 2.22. The van der Waals surface area contributed by atoms with Gasteiger partial charge in [0, 0.05) is 12.6 Å². The molecule has 0 aliphatic heterocycles. The van der Waals surface area contributed by atoms with E-state index in [-0.39, 0.29) is 12.1 Å². The summed E-state index contributed by atoms with van der Waals surface area (Å²) in [5, 5.41) is 5.34. The zero-order valence-electron chi connectivity index (χ0n) is 9.49. The molecule has 1 atom stereocenters. The van der Waals surface area contributed by atoms with Crippen LogP contribution in [0.15, 0.2) is 24.3 Å². The molecular formula is C11H17N3O2. The number of methoxy groups -OCH3 is 1. The van der Waals surface area contributed by atoms with Crippen molar-refractivity contribution in [3.05, 3.63) is 24.3 Å². The average Bonchev–Trinajstić information content (AvgIpc) is 2.27. The van der Waals surface area contributed by atoms with E-state index in [1.54, 1.807) is 19.2 Å². The smallest absolute Gasteiger partial charge is 0.319 e. The highest BCUT2D eigenvalue weighted by atomic mass is 16.5. The number of hydrogen-bond acceptors (Lipinski definition) is 3. The Bertz CT molecular complexity index is 353. The molecule has 4 N–H and O–H groups in total. The minimum Gasteiger partial charge on any atom is -0.495 e. The fourth-order valence-corrected chi connectivity index (χ4v) is 1.17. The summed E-state index contributed by atoms with van der Waals surface area (Å²) in [5.41, 5.74) is 6.15. The number of benzene rings is 1. The first kappa shape index (κ1) is 12.3. The first-order valence-electron chi connectivity index (χ1n) is 5.07. The van der Waals surface area contributed by atoms with E-state index in [0.29, 0.717) is 18.0 Å². The van der Waals surface area contributed by atoms with Crippen molar-refractivity contribution in [1.82, 2.24) is 5.32 Å². The van der Waals surface area contributed by atoms with Crippen LogP contribution in [0.25, 0.3) is 0 Å². The van der Waals surface area contributed by atoms with E-state index in [1.807, 2.05) is 19.1 Å². The summed E-state index contributed by atoms with van der Waals surface area (Å²) in [4.78, 5) is 11.5. The van der Waals surface area contributed by atoms with E-state index in [0.717, 1.165) is 0 Å². The van der Waals surface area contributed by atoms with Crippen LogP contribution in [-0.4, -0.2) is 25.7 Å². The molecular weight excluding hydrogens is 206 g/mol. The highest BCUT2D eigenvalue weighted by molar-refractivity contribution is 5.90. The van der Waals surface area contributed by atoms with E-state index >= 15 is 0 Å². The molecule has 0 radical (unpaired) electrons. The molecule has 1 rings (SSSR count). The summed E-state index contributed by atoms with van der Waals surface area (Å²) >= 11 is 0. The number of amides is 2. The van der Waals surface area contributed by atoms with Crippen molar-refractivity contribution in [2.24, 2.45) is 5.73 Å². The summed E-state index contributed by atoms with van der Waals surface area (Å²) in [5.74, 6) is 0.624. The van der Waals surface area contributed by atoms with Gasteiger partial charge in [0.1, 0.15) is 5.75 Å². The maximum absolute atomic E-state index is 11.5. The monoisotopic (exact) mass is 223 g/mol. The topological polar surface area (TPSA) is 76.4 Å². The van der Waals surface area contributed by atoms with Crippen LogP contribution in [0, 0.1) is 0 Å². The maximum atomic E-state index is 11.5. The first-order chi connectivity index (χ1) is 7.63. The molecule has 0 aromatic heterocycles. The number of anilines is 1. The van der Waals surface area contributed by atoms with Gasteiger partial charge in [-0.15, -0.1) is 0 Å². The summed E-state index contributed by atoms with van der Waals surface area (Å²) < 4.78 is 5.10. The molecule has 0 aliphatic rings. The van der Waals surface area contributed by atoms with Crippen molar-refractivity contribution in [2.45, 2.75) is 13.0 Å². The van der Waals surface area contributed by atoms with Gasteiger partial charge in [0.2, 0.25) is 0 Å². The Kier molecular flexibility index (Phi) is 4.60. The number of rotatable bonds is 4. The van der Waals surface area contributed by atoms with E-state index in [4.69, 9.17) is 10.5 Å². The third kappa shape index (κ3) is 3.78. The summed E-state index contributed by atoms with van der Waals surface area (Å²) in [7, 11) is 1.56. The van der Waals surface area contributed by atoms with E-state index in [9.17, 15) is 4.79 Å². The molecule has 1 aromatic rings. The van der Waals surface area contributed by atoms with Crippen LogP contribution >= 0.6 is 0 Å². The second kappa shape index (κ2) is 5.97. The third-order valence-electron chi connectivity index (χ3n) is 1.94. The molecule has 1 unspecified atom stereocenters. The Hall–Kier alpha value is -1.75. The summed E-state index contributed by atoms with van der Waals surface area (Å²) in [6, 6.07) is 6.85. The lowest BCUT2D eigenvalue weighted by molar-refractivity contribution is 0.251. The van der Waals surface area contributed by atoms with Crippen molar-refractivity contribution < 1.29 is 9.53 Å². The van der Waals surface area contributed by atoms with Crippen LogP contribution in [0.1, 0.15) is 6.92 Å². The van der Waals surface area contributed by atoms with Crippen molar-refractivity contribution in [3.8, 4) is 5.75 Å². The molecule has 0 saturated heterocycles. The Morgan fingerprint density at radius 1 is 1.50 bits per heavy atom. The number of carbonyl (C=O) groups excluding carboxylic acids is 1. The van der Waals surface area contributed by atoms with Gasteiger partial charge in [-0.05, 0) is 19.1 Å². The van der Waals surface area contributed by atoms with Crippen molar-refractivity contribution in [3.63, 3.8) is 0 Å². The summed E-state index contributed by atoms with van der Waals surface area (Å²) in [6.45, 7) is 2.25. The maximum Gasteiger partial charge on any atom is 0.319 e. The fraction of sp³-hybridized carbons (Fsp3) is 0.364. The number of ether oxygens (including phenoxy) is 1. The van der Waals surface area contributed by atoms with Crippen LogP contribution in [0.5, 0.6) is 5.75 Å². The van der Waals surface area contributed by atoms with E-state index in [1.165, 1.54) is 0 Å². The number of hydrogen-bond donors (Lipinski definition) is 3. The lowest BCUT2D eigenvalue weighted by Gasteiger charge is -2.11. The SMILES string of the molecule is COc1ccccc1NC(=O)NCC(C)N. The number of carbonyl (C=O) groups is 1. The molecule has 16 heavy (non-hydrogen) atoms. The van der Waals surface area contributed by atoms with Crippen molar-refractivity contribution in [2.75, 3.05) is 19.0 Å². The van der Waals surface area contributed by atoms with Gasteiger partial charge >= 0.3 is 6.03 Å². The Morgan fingerprint density at radius 2 is 2.19 bits per heavy atom. The third-order valence-corrected chi connectivity index (χ3v) is 1.94. The molecule has 5 nitrogen and oxygen atoms in total. The highest BCUT2D eigenvalue weighted by Gasteiger charge is 2.06. The predicted molar refractivity (Wildman–Crippen MR) is 63.7 cm³/mol. The number of nitrogens with one attached hydrogen (secondary N) is 2. The van der Waals surface area contributed by atoms with Crippen LogP contribution in [0.4, 0.5) is 10.5 Å². The second-order valence-corrected chi connectivity index (χ2v) is 3.51. The molecule has 0 heterocycles. The van der Waals surface area contributed by atoms with Crippen LogP contribution < -0.4 is 21.1 Å². The Balaban J connectivity index is 2.55. The van der Waals surface area contributed by atoms with Gasteiger partial charge in [0.05, 0.1) is 12.8 Å². The first-order valence-corrected chi connectivity index (χ1v) is 5.07. The van der Waals surface area contributed by atoms with E-state index in [2.05, 4.69) is 10.6 Å². The summed E-state index contributed by atoms with van der Waals surface area (Å²) in [6.07, 6.45) is 0. The van der Waals surface area contributed by atoms with Gasteiger partial charge in [0.15, 0.2) is 0 Å².